The molecule has 4 aliphatic carbocycles. The van der Waals surface area contributed by atoms with Crippen molar-refractivity contribution in [2.45, 2.75) is 77.7 Å². The van der Waals surface area contributed by atoms with Crippen molar-refractivity contribution in [1.82, 2.24) is 5.32 Å². The van der Waals surface area contributed by atoms with Gasteiger partial charge in [0.25, 0.3) is 0 Å². The first kappa shape index (κ1) is 14.6. The van der Waals surface area contributed by atoms with E-state index in [1.54, 1.807) is 38.5 Å². The Balaban J connectivity index is 1.63. The molecule has 1 heteroatoms. The summed E-state index contributed by atoms with van der Waals surface area (Å²) in [5.74, 6) is 3.26. The van der Waals surface area contributed by atoms with Gasteiger partial charge in [0.15, 0.2) is 0 Å². The fraction of sp³-hybridized carbons (Fsp3) is 0.895. The molecule has 0 spiro atoms. The van der Waals surface area contributed by atoms with Gasteiger partial charge in [-0.25, -0.2) is 0 Å². The van der Waals surface area contributed by atoms with Crippen molar-refractivity contribution in [3.8, 4) is 0 Å². The number of allylic oxidation sites excluding steroid dienone is 1. The zero-order valence-electron chi connectivity index (χ0n) is 13.6. The standard InChI is InChI=1S/C19H33N/c1-4-20-18(6-5-14(2)3)13-19-10-15-7-16(11-19)9-17(8-15)12-19/h15-18,20H,2,4-13H2,1,3H3. The van der Waals surface area contributed by atoms with Crippen LogP contribution in [0, 0.1) is 23.2 Å². The predicted octanol–water partition coefficient (Wildman–Crippen LogP) is 4.93. The normalized spacial score (nSPS) is 40.0. The minimum absolute atomic E-state index is 0.719. The average molecular weight is 275 g/mol. The largest absolute Gasteiger partial charge is 0.314 e. The van der Waals surface area contributed by atoms with Crippen LogP contribution in [-0.2, 0) is 0 Å². The number of nitrogens with one attached hydrogen (secondary N) is 1. The molecule has 4 rings (SSSR count). The molecule has 0 aliphatic heterocycles. The Hall–Kier alpha value is -0.300. The summed E-state index contributed by atoms with van der Waals surface area (Å²) < 4.78 is 0. The van der Waals surface area contributed by atoms with Crippen molar-refractivity contribution in [1.29, 1.82) is 0 Å². The van der Waals surface area contributed by atoms with Gasteiger partial charge in [-0.15, -0.1) is 6.58 Å². The van der Waals surface area contributed by atoms with Gasteiger partial charge in [-0.1, -0.05) is 12.5 Å². The van der Waals surface area contributed by atoms with Crippen molar-refractivity contribution >= 4 is 0 Å². The average Bonchev–Trinajstić information content (AvgIpc) is 2.34. The minimum atomic E-state index is 0.719. The van der Waals surface area contributed by atoms with E-state index in [9.17, 15) is 0 Å². The Labute approximate surface area is 125 Å². The van der Waals surface area contributed by atoms with Gasteiger partial charge in [-0.05, 0) is 94.4 Å². The van der Waals surface area contributed by atoms with Gasteiger partial charge in [-0.2, -0.15) is 0 Å². The molecule has 114 valence electrons. The summed E-state index contributed by atoms with van der Waals surface area (Å²) in [6, 6.07) is 0.730. The maximum absolute atomic E-state index is 4.09. The number of hydrogen-bond acceptors (Lipinski definition) is 1. The first-order valence-corrected chi connectivity index (χ1v) is 8.96. The topological polar surface area (TPSA) is 12.0 Å². The third-order valence-corrected chi connectivity index (χ3v) is 6.26. The molecule has 0 aromatic rings. The van der Waals surface area contributed by atoms with Crippen LogP contribution in [0.4, 0.5) is 0 Å². The molecular weight excluding hydrogens is 242 g/mol. The van der Waals surface area contributed by atoms with Crippen molar-refractivity contribution in [2.75, 3.05) is 6.54 Å². The van der Waals surface area contributed by atoms with Crippen molar-refractivity contribution in [3.63, 3.8) is 0 Å². The molecule has 0 heterocycles. The lowest BCUT2D eigenvalue weighted by Gasteiger charge is -2.57. The van der Waals surface area contributed by atoms with Crippen LogP contribution in [0.25, 0.3) is 0 Å². The third kappa shape index (κ3) is 3.13. The monoisotopic (exact) mass is 275 g/mol. The molecule has 1 unspecified atom stereocenters. The van der Waals surface area contributed by atoms with Gasteiger partial charge in [0.05, 0.1) is 0 Å². The number of rotatable bonds is 7. The van der Waals surface area contributed by atoms with E-state index in [1.165, 1.54) is 24.8 Å². The molecule has 0 aromatic heterocycles. The second-order valence-corrected chi connectivity index (χ2v) is 8.37. The van der Waals surface area contributed by atoms with E-state index in [4.69, 9.17) is 0 Å². The first-order chi connectivity index (χ1) is 9.58. The molecule has 0 radical (unpaired) electrons. The van der Waals surface area contributed by atoms with Gasteiger partial charge >= 0.3 is 0 Å². The summed E-state index contributed by atoms with van der Waals surface area (Å²) in [6.07, 6.45) is 13.3. The maximum atomic E-state index is 4.09. The highest BCUT2D eigenvalue weighted by molar-refractivity contribution is 5.03. The second-order valence-electron chi connectivity index (χ2n) is 8.37. The minimum Gasteiger partial charge on any atom is -0.314 e. The second kappa shape index (κ2) is 5.83. The fourth-order valence-corrected chi connectivity index (χ4v) is 6.05. The molecule has 4 saturated carbocycles. The Bertz CT molecular complexity index is 321. The predicted molar refractivity (Wildman–Crippen MR) is 86.7 cm³/mol. The van der Waals surface area contributed by atoms with E-state index in [2.05, 4.69) is 25.7 Å². The molecule has 1 atom stereocenters. The Morgan fingerprint density at radius 2 is 1.70 bits per heavy atom. The Kier molecular flexibility index (Phi) is 4.26. The Morgan fingerprint density at radius 1 is 1.15 bits per heavy atom. The van der Waals surface area contributed by atoms with Crippen molar-refractivity contribution < 1.29 is 0 Å². The summed E-state index contributed by atoms with van der Waals surface area (Å²) in [7, 11) is 0. The van der Waals surface area contributed by atoms with E-state index >= 15 is 0 Å². The summed E-state index contributed by atoms with van der Waals surface area (Å²) in [5.41, 5.74) is 2.06. The van der Waals surface area contributed by atoms with E-state index in [1.807, 2.05) is 0 Å². The van der Waals surface area contributed by atoms with E-state index in [0.717, 1.165) is 35.8 Å². The van der Waals surface area contributed by atoms with Crippen LogP contribution in [0.2, 0.25) is 0 Å². The lowest BCUT2D eigenvalue weighted by atomic mass is 9.48. The molecule has 1 nitrogen and oxygen atoms in total. The summed E-state index contributed by atoms with van der Waals surface area (Å²) in [4.78, 5) is 0. The van der Waals surface area contributed by atoms with Crippen LogP contribution in [0.15, 0.2) is 12.2 Å². The molecule has 1 N–H and O–H groups in total. The molecule has 4 fully saturated rings. The molecule has 4 aliphatic rings. The molecule has 0 aromatic carbocycles. The smallest absolute Gasteiger partial charge is 0.00752 e. The fourth-order valence-electron chi connectivity index (χ4n) is 6.05. The van der Waals surface area contributed by atoms with E-state index in [-0.39, 0.29) is 0 Å². The summed E-state index contributed by atoms with van der Waals surface area (Å²) in [5, 5.41) is 3.77. The van der Waals surface area contributed by atoms with Crippen molar-refractivity contribution in [3.05, 3.63) is 12.2 Å². The van der Waals surface area contributed by atoms with Crippen LogP contribution >= 0.6 is 0 Å². The van der Waals surface area contributed by atoms with Crippen LogP contribution in [-0.4, -0.2) is 12.6 Å². The van der Waals surface area contributed by atoms with Gasteiger partial charge in [-0.3, -0.25) is 0 Å². The van der Waals surface area contributed by atoms with E-state index < -0.39 is 0 Å². The van der Waals surface area contributed by atoms with Crippen LogP contribution in [0.3, 0.4) is 0 Å². The Morgan fingerprint density at radius 3 is 2.15 bits per heavy atom. The number of hydrogen-bond donors (Lipinski definition) is 1. The first-order valence-electron chi connectivity index (χ1n) is 8.96. The highest BCUT2D eigenvalue weighted by atomic mass is 14.9. The SMILES string of the molecule is C=C(C)CCC(CC12CC3CC(CC(C3)C1)C2)NCC. The maximum Gasteiger partial charge on any atom is 0.00752 e. The highest BCUT2D eigenvalue weighted by Crippen LogP contribution is 2.61. The van der Waals surface area contributed by atoms with Gasteiger partial charge < -0.3 is 5.32 Å². The van der Waals surface area contributed by atoms with Crippen LogP contribution in [0.5, 0.6) is 0 Å². The van der Waals surface area contributed by atoms with Crippen LogP contribution < -0.4 is 5.32 Å². The van der Waals surface area contributed by atoms with Gasteiger partial charge in [0.1, 0.15) is 0 Å². The summed E-state index contributed by atoms with van der Waals surface area (Å²) in [6.45, 7) is 9.64. The lowest BCUT2D eigenvalue weighted by molar-refractivity contribution is -0.0622. The summed E-state index contributed by atoms with van der Waals surface area (Å²) >= 11 is 0. The van der Waals surface area contributed by atoms with Crippen molar-refractivity contribution in [2.24, 2.45) is 23.2 Å². The van der Waals surface area contributed by atoms with E-state index in [0.29, 0.717) is 0 Å². The zero-order valence-corrected chi connectivity index (χ0v) is 13.6. The molecule has 0 amide bonds. The molecule has 20 heavy (non-hydrogen) atoms. The van der Waals surface area contributed by atoms with Crippen LogP contribution in [0.1, 0.15) is 71.6 Å². The quantitative estimate of drug-likeness (QED) is 0.650. The third-order valence-electron chi connectivity index (χ3n) is 6.26. The van der Waals surface area contributed by atoms with Gasteiger partial charge in [0.2, 0.25) is 0 Å². The molecule has 4 bridgehead atoms. The molecular formula is C19H33N. The lowest BCUT2D eigenvalue weighted by Crippen LogP contribution is -2.48. The van der Waals surface area contributed by atoms with Gasteiger partial charge in [0, 0.05) is 6.04 Å². The molecule has 0 saturated heterocycles. The zero-order chi connectivity index (χ0) is 14.2. The highest BCUT2D eigenvalue weighted by Gasteiger charge is 2.51.